The Hall–Kier alpha value is -3.47. The van der Waals surface area contributed by atoms with Crippen molar-refractivity contribution in [2.24, 2.45) is 0 Å². The maximum atomic E-state index is 12.1. The molecule has 0 unspecified atom stereocenters. The van der Waals surface area contributed by atoms with Gasteiger partial charge in [-0.1, -0.05) is 54.6 Å². The molecule has 0 radical (unpaired) electrons. The van der Waals surface area contributed by atoms with E-state index in [4.69, 9.17) is 4.74 Å². The van der Waals surface area contributed by atoms with Crippen LogP contribution in [0.4, 0.5) is 4.79 Å². The third kappa shape index (κ3) is 4.35. The summed E-state index contributed by atoms with van der Waals surface area (Å²) in [5.74, 6) is 0.748. The predicted octanol–water partition coefficient (Wildman–Crippen LogP) is 4.73. The van der Waals surface area contributed by atoms with E-state index in [0.717, 1.165) is 5.69 Å². The van der Waals surface area contributed by atoms with E-state index in [2.05, 4.69) is 39.6 Å². The fourth-order valence-electron chi connectivity index (χ4n) is 3.64. The van der Waals surface area contributed by atoms with E-state index >= 15 is 0 Å². The Balaban J connectivity index is 1.28. The minimum atomic E-state index is -0.396. The van der Waals surface area contributed by atoms with Gasteiger partial charge in [0.05, 0.1) is 0 Å². The summed E-state index contributed by atoms with van der Waals surface area (Å²) in [6.45, 7) is 2.75. The molecule has 29 heavy (non-hydrogen) atoms. The molecule has 0 spiro atoms. The third-order valence-electron chi connectivity index (χ3n) is 5.00. The summed E-state index contributed by atoms with van der Waals surface area (Å²) in [5.41, 5.74) is 5.79. The molecule has 2 aromatic carbocycles. The number of alkyl carbamates (subject to hydrolysis) is 1. The lowest BCUT2D eigenvalue weighted by atomic mass is 9.98. The van der Waals surface area contributed by atoms with Gasteiger partial charge in [0.25, 0.3) is 0 Å². The van der Waals surface area contributed by atoms with E-state index in [1.54, 1.807) is 6.20 Å². The number of nitrogens with zero attached hydrogens (tertiary/aromatic N) is 2. The normalized spacial score (nSPS) is 12.6. The Kier molecular flexibility index (Phi) is 5.66. The van der Waals surface area contributed by atoms with Crippen LogP contribution in [0.2, 0.25) is 0 Å². The summed E-state index contributed by atoms with van der Waals surface area (Å²) in [5, 5.41) is 2.80. The lowest BCUT2D eigenvalue weighted by Gasteiger charge is -2.14. The van der Waals surface area contributed by atoms with Crippen molar-refractivity contribution in [3.63, 3.8) is 0 Å². The lowest BCUT2D eigenvalue weighted by Crippen LogP contribution is -2.26. The fourth-order valence-corrected chi connectivity index (χ4v) is 3.64. The maximum Gasteiger partial charge on any atom is 0.407 e. The first-order chi connectivity index (χ1) is 14.2. The van der Waals surface area contributed by atoms with Crippen LogP contribution < -0.4 is 5.32 Å². The summed E-state index contributed by atoms with van der Waals surface area (Å²) in [4.78, 5) is 20.6. The van der Waals surface area contributed by atoms with E-state index < -0.39 is 6.09 Å². The van der Waals surface area contributed by atoms with Crippen LogP contribution in [-0.2, 0) is 4.74 Å². The van der Waals surface area contributed by atoms with Crippen LogP contribution in [0.15, 0.2) is 66.9 Å². The number of nitrogens with one attached hydrogen (secondary N) is 1. The molecule has 5 nitrogen and oxygen atoms in total. The molecule has 0 aliphatic heterocycles. The Bertz CT molecular complexity index is 1000. The minimum Gasteiger partial charge on any atom is -0.449 e. The zero-order valence-electron chi connectivity index (χ0n) is 16.3. The average molecular weight is 385 g/mol. The van der Waals surface area contributed by atoms with Gasteiger partial charge in [-0.3, -0.25) is 0 Å². The number of hydrogen-bond acceptors (Lipinski definition) is 4. The molecule has 0 saturated carbocycles. The summed E-state index contributed by atoms with van der Waals surface area (Å²) >= 11 is 0. The van der Waals surface area contributed by atoms with E-state index in [9.17, 15) is 4.79 Å². The molecule has 0 fully saturated rings. The second kappa shape index (κ2) is 8.69. The van der Waals surface area contributed by atoms with E-state index in [-0.39, 0.29) is 5.92 Å². The molecule has 1 aromatic heterocycles. The van der Waals surface area contributed by atoms with Gasteiger partial charge in [0.1, 0.15) is 6.61 Å². The highest BCUT2D eigenvalue weighted by molar-refractivity contribution is 5.79. The lowest BCUT2D eigenvalue weighted by molar-refractivity contribution is 0.143. The van der Waals surface area contributed by atoms with Crippen molar-refractivity contribution in [1.29, 1.82) is 0 Å². The number of ether oxygens (including phenoxy) is 1. The van der Waals surface area contributed by atoms with Gasteiger partial charge in [0, 0.05) is 24.4 Å². The SMILES string of the molecule is Cc1ccnc(C=CCCNC(=O)OCC2c3ccccc3-c3ccccc32)n1. The molecule has 0 atom stereocenters. The second-order valence-electron chi connectivity index (χ2n) is 7.00. The molecule has 1 heterocycles. The van der Waals surface area contributed by atoms with E-state index in [1.807, 2.05) is 49.4 Å². The second-order valence-corrected chi connectivity index (χ2v) is 7.00. The molecule has 146 valence electrons. The predicted molar refractivity (Wildman–Crippen MR) is 113 cm³/mol. The maximum absolute atomic E-state index is 12.1. The zero-order valence-corrected chi connectivity index (χ0v) is 16.3. The van der Waals surface area contributed by atoms with Crippen molar-refractivity contribution in [2.45, 2.75) is 19.3 Å². The van der Waals surface area contributed by atoms with Gasteiger partial charge in [-0.25, -0.2) is 14.8 Å². The molecule has 1 aliphatic carbocycles. The number of benzene rings is 2. The van der Waals surface area contributed by atoms with E-state index in [0.29, 0.717) is 25.4 Å². The number of aromatic nitrogens is 2. The van der Waals surface area contributed by atoms with Gasteiger partial charge >= 0.3 is 6.09 Å². The zero-order chi connectivity index (χ0) is 20.1. The van der Waals surface area contributed by atoms with Crippen LogP contribution in [0.1, 0.15) is 35.0 Å². The first-order valence-corrected chi connectivity index (χ1v) is 9.77. The van der Waals surface area contributed by atoms with E-state index in [1.165, 1.54) is 22.3 Å². The van der Waals surface area contributed by atoms with Gasteiger partial charge in [-0.2, -0.15) is 0 Å². The average Bonchev–Trinajstić information content (AvgIpc) is 3.06. The largest absolute Gasteiger partial charge is 0.449 e. The Morgan fingerprint density at radius 2 is 1.76 bits per heavy atom. The standard InChI is InChI=1S/C24H23N3O2/c1-17-13-15-25-23(27-17)12-6-7-14-26-24(28)29-16-22-20-10-4-2-8-18(20)19-9-3-5-11-21(19)22/h2-6,8-13,15,22H,7,14,16H2,1H3,(H,26,28). The highest BCUT2D eigenvalue weighted by atomic mass is 16.5. The van der Waals surface area contributed by atoms with Crippen LogP contribution in [0.25, 0.3) is 17.2 Å². The molecule has 0 bridgehead atoms. The Morgan fingerprint density at radius 1 is 1.07 bits per heavy atom. The van der Waals surface area contributed by atoms with Crippen molar-refractivity contribution in [2.75, 3.05) is 13.2 Å². The molecular weight excluding hydrogens is 362 g/mol. The Labute approximate surface area is 170 Å². The highest BCUT2D eigenvalue weighted by Gasteiger charge is 2.28. The quantitative estimate of drug-likeness (QED) is 0.623. The molecule has 1 amide bonds. The van der Waals surface area contributed by atoms with Gasteiger partial charge in [0.15, 0.2) is 5.82 Å². The molecule has 1 aliphatic rings. The summed E-state index contributed by atoms with van der Waals surface area (Å²) in [6.07, 6.45) is 5.82. The molecule has 3 aromatic rings. The van der Waals surface area contributed by atoms with Gasteiger partial charge < -0.3 is 10.1 Å². The van der Waals surface area contributed by atoms with Crippen molar-refractivity contribution in [3.8, 4) is 11.1 Å². The molecule has 5 heteroatoms. The van der Waals surface area contributed by atoms with Gasteiger partial charge in [-0.05, 0) is 47.7 Å². The molecular formula is C24H23N3O2. The highest BCUT2D eigenvalue weighted by Crippen LogP contribution is 2.44. The van der Waals surface area contributed by atoms with Crippen LogP contribution >= 0.6 is 0 Å². The van der Waals surface area contributed by atoms with Gasteiger partial charge in [-0.15, -0.1) is 0 Å². The number of hydrogen-bond donors (Lipinski definition) is 1. The number of rotatable bonds is 6. The molecule has 1 N–H and O–H groups in total. The number of fused-ring (bicyclic) bond motifs is 3. The fraction of sp³-hybridized carbons (Fsp3) is 0.208. The number of amides is 1. The number of aryl methyl sites for hydroxylation is 1. The minimum absolute atomic E-state index is 0.0755. The van der Waals surface area contributed by atoms with Crippen LogP contribution in [0, 0.1) is 6.92 Å². The topological polar surface area (TPSA) is 64.1 Å². The van der Waals surface area contributed by atoms with Crippen LogP contribution in [-0.4, -0.2) is 29.2 Å². The summed E-state index contributed by atoms with van der Waals surface area (Å²) in [6, 6.07) is 18.5. The summed E-state index contributed by atoms with van der Waals surface area (Å²) < 4.78 is 5.52. The van der Waals surface area contributed by atoms with Gasteiger partial charge in [0.2, 0.25) is 0 Å². The van der Waals surface area contributed by atoms with Crippen molar-refractivity contribution < 1.29 is 9.53 Å². The monoisotopic (exact) mass is 385 g/mol. The molecule has 0 saturated heterocycles. The van der Waals surface area contributed by atoms with Crippen LogP contribution in [0.3, 0.4) is 0 Å². The van der Waals surface area contributed by atoms with Crippen molar-refractivity contribution >= 4 is 12.2 Å². The number of carbonyl (C=O) groups excluding carboxylic acids is 1. The Morgan fingerprint density at radius 3 is 2.45 bits per heavy atom. The summed E-state index contributed by atoms with van der Waals surface area (Å²) in [7, 11) is 0. The van der Waals surface area contributed by atoms with Crippen molar-refractivity contribution in [3.05, 3.63) is 89.5 Å². The van der Waals surface area contributed by atoms with Crippen LogP contribution in [0.5, 0.6) is 0 Å². The first kappa shape index (κ1) is 18.9. The first-order valence-electron chi connectivity index (χ1n) is 9.77. The third-order valence-corrected chi connectivity index (χ3v) is 5.00. The number of carbonyl (C=O) groups is 1. The molecule has 4 rings (SSSR count). The smallest absolute Gasteiger partial charge is 0.407 e. The van der Waals surface area contributed by atoms with Crippen molar-refractivity contribution in [1.82, 2.24) is 15.3 Å².